The van der Waals surface area contributed by atoms with Gasteiger partial charge in [-0.25, -0.2) is 0 Å². The van der Waals surface area contributed by atoms with Gasteiger partial charge >= 0.3 is 0 Å². The number of carbonyl (C=O) groups excluding carboxylic acids is 2. The number of rotatable bonds is 3. The summed E-state index contributed by atoms with van der Waals surface area (Å²) >= 11 is 0. The molecule has 1 aromatic carbocycles. The molecular weight excluding hydrogens is 240 g/mol. The highest BCUT2D eigenvalue weighted by atomic mass is 16.2. The predicted molar refractivity (Wildman–Crippen MR) is 73.9 cm³/mol. The van der Waals surface area contributed by atoms with Crippen LogP contribution in [0, 0.1) is 11.8 Å². The lowest BCUT2D eigenvalue weighted by molar-refractivity contribution is -0.118. The fourth-order valence-electron chi connectivity index (χ4n) is 2.60. The zero-order valence-corrected chi connectivity index (χ0v) is 11.1. The number of carbonyl (C=O) groups is 2. The van der Waals surface area contributed by atoms with Crippen LogP contribution in [0.1, 0.15) is 26.2 Å². The van der Waals surface area contributed by atoms with Crippen LogP contribution in [0.3, 0.4) is 0 Å². The highest BCUT2D eigenvalue weighted by Crippen LogP contribution is 2.38. The lowest BCUT2D eigenvalue weighted by Crippen LogP contribution is -2.23. The Labute approximate surface area is 112 Å². The molecule has 4 heteroatoms. The second-order valence-corrected chi connectivity index (χ2v) is 5.51. The van der Waals surface area contributed by atoms with Gasteiger partial charge in [-0.05, 0) is 37.0 Å². The van der Waals surface area contributed by atoms with Gasteiger partial charge in [-0.3, -0.25) is 9.59 Å². The lowest BCUT2D eigenvalue weighted by Gasteiger charge is -2.16. The van der Waals surface area contributed by atoms with E-state index in [1.807, 2.05) is 24.3 Å². The maximum Gasteiger partial charge on any atom is 0.227 e. The van der Waals surface area contributed by atoms with Gasteiger partial charge in [0.15, 0.2) is 0 Å². The van der Waals surface area contributed by atoms with E-state index in [1.54, 1.807) is 4.90 Å². The third-order valence-corrected chi connectivity index (χ3v) is 3.95. The SMILES string of the molecule is C[C@@H]1C[C@@H]1C(=O)Nc1cccc(N2CCCC2=O)c1. The summed E-state index contributed by atoms with van der Waals surface area (Å²) in [6, 6.07) is 7.55. The summed E-state index contributed by atoms with van der Waals surface area (Å²) < 4.78 is 0. The number of amides is 2. The van der Waals surface area contributed by atoms with E-state index in [0.29, 0.717) is 12.3 Å². The molecule has 1 heterocycles. The summed E-state index contributed by atoms with van der Waals surface area (Å²) in [5.74, 6) is 0.928. The van der Waals surface area contributed by atoms with E-state index in [-0.39, 0.29) is 17.7 Å². The molecule has 1 saturated heterocycles. The molecule has 100 valence electrons. The monoisotopic (exact) mass is 258 g/mol. The highest BCUT2D eigenvalue weighted by Gasteiger charge is 2.39. The van der Waals surface area contributed by atoms with Crippen LogP contribution in [0.2, 0.25) is 0 Å². The van der Waals surface area contributed by atoms with Gasteiger partial charge in [-0.1, -0.05) is 13.0 Å². The van der Waals surface area contributed by atoms with Gasteiger partial charge in [0, 0.05) is 30.3 Å². The molecule has 2 atom stereocenters. The molecule has 4 nitrogen and oxygen atoms in total. The van der Waals surface area contributed by atoms with Gasteiger partial charge in [0.05, 0.1) is 0 Å². The molecule has 0 aromatic heterocycles. The van der Waals surface area contributed by atoms with E-state index in [2.05, 4.69) is 12.2 Å². The van der Waals surface area contributed by atoms with Crippen molar-refractivity contribution in [3.63, 3.8) is 0 Å². The van der Waals surface area contributed by atoms with Gasteiger partial charge in [0.1, 0.15) is 0 Å². The molecule has 2 amide bonds. The van der Waals surface area contributed by atoms with E-state index < -0.39 is 0 Å². The zero-order chi connectivity index (χ0) is 13.4. The number of hydrogen-bond donors (Lipinski definition) is 1. The standard InChI is InChI=1S/C15H18N2O2/c1-10-8-13(10)15(19)16-11-4-2-5-12(9-11)17-7-3-6-14(17)18/h2,4-5,9-10,13H,3,6-8H2,1H3,(H,16,19)/t10-,13+/m1/s1. The summed E-state index contributed by atoms with van der Waals surface area (Å²) in [7, 11) is 0. The molecule has 0 bridgehead atoms. The van der Waals surface area contributed by atoms with E-state index in [0.717, 1.165) is 30.8 Å². The van der Waals surface area contributed by atoms with Crippen LogP contribution in [0.25, 0.3) is 0 Å². The maximum atomic E-state index is 11.9. The van der Waals surface area contributed by atoms with Crippen LogP contribution >= 0.6 is 0 Å². The van der Waals surface area contributed by atoms with E-state index in [9.17, 15) is 9.59 Å². The van der Waals surface area contributed by atoms with Crippen LogP contribution in [-0.2, 0) is 9.59 Å². The summed E-state index contributed by atoms with van der Waals surface area (Å²) in [6.45, 7) is 2.86. The summed E-state index contributed by atoms with van der Waals surface area (Å²) in [4.78, 5) is 25.4. The fourth-order valence-corrected chi connectivity index (χ4v) is 2.60. The number of anilines is 2. The minimum atomic E-state index is 0.0948. The van der Waals surface area contributed by atoms with Crippen molar-refractivity contribution in [2.75, 3.05) is 16.8 Å². The van der Waals surface area contributed by atoms with Gasteiger partial charge in [-0.2, -0.15) is 0 Å². The molecule has 19 heavy (non-hydrogen) atoms. The topological polar surface area (TPSA) is 49.4 Å². The van der Waals surface area contributed by atoms with Crippen molar-refractivity contribution in [2.24, 2.45) is 11.8 Å². The Morgan fingerprint density at radius 1 is 1.42 bits per heavy atom. The van der Waals surface area contributed by atoms with Crippen molar-refractivity contribution in [1.82, 2.24) is 0 Å². The van der Waals surface area contributed by atoms with Crippen molar-refractivity contribution in [3.8, 4) is 0 Å². The molecule has 0 unspecified atom stereocenters. The Bertz CT molecular complexity index is 527. The zero-order valence-electron chi connectivity index (χ0n) is 11.1. The first kappa shape index (κ1) is 12.2. The van der Waals surface area contributed by atoms with E-state index in [4.69, 9.17) is 0 Å². The molecule has 2 aliphatic rings. The first-order chi connectivity index (χ1) is 9.15. The van der Waals surface area contributed by atoms with Crippen LogP contribution in [-0.4, -0.2) is 18.4 Å². The normalized spacial score (nSPS) is 25.5. The molecule has 2 fully saturated rings. The summed E-state index contributed by atoms with van der Waals surface area (Å²) in [5.41, 5.74) is 1.66. The molecule has 1 aromatic rings. The predicted octanol–water partition coefficient (Wildman–Crippen LogP) is 2.41. The highest BCUT2D eigenvalue weighted by molar-refractivity contribution is 5.98. The van der Waals surface area contributed by atoms with Gasteiger partial charge in [0.2, 0.25) is 11.8 Å². The van der Waals surface area contributed by atoms with Gasteiger partial charge in [0.25, 0.3) is 0 Å². The molecule has 0 radical (unpaired) electrons. The number of nitrogens with one attached hydrogen (secondary N) is 1. The Morgan fingerprint density at radius 2 is 2.21 bits per heavy atom. The number of hydrogen-bond acceptors (Lipinski definition) is 2. The molecule has 1 saturated carbocycles. The minimum absolute atomic E-state index is 0.0948. The molecule has 0 spiro atoms. The van der Waals surface area contributed by atoms with Crippen molar-refractivity contribution in [1.29, 1.82) is 0 Å². The van der Waals surface area contributed by atoms with Crippen molar-refractivity contribution in [3.05, 3.63) is 24.3 Å². The van der Waals surface area contributed by atoms with Crippen LogP contribution in [0.5, 0.6) is 0 Å². The Hall–Kier alpha value is -1.84. The summed E-state index contributed by atoms with van der Waals surface area (Å²) in [6.07, 6.45) is 2.52. The first-order valence-corrected chi connectivity index (χ1v) is 6.86. The third-order valence-electron chi connectivity index (χ3n) is 3.95. The quantitative estimate of drug-likeness (QED) is 0.905. The minimum Gasteiger partial charge on any atom is -0.326 e. The maximum absolute atomic E-state index is 11.9. The Balaban J connectivity index is 1.72. The second-order valence-electron chi connectivity index (χ2n) is 5.51. The van der Waals surface area contributed by atoms with Crippen LogP contribution in [0.15, 0.2) is 24.3 Å². The van der Waals surface area contributed by atoms with Crippen molar-refractivity contribution < 1.29 is 9.59 Å². The molecular formula is C15H18N2O2. The largest absolute Gasteiger partial charge is 0.326 e. The molecule has 3 rings (SSSR count). The average molecular weight is 258 g/mol. The smallest absolute Gasteiger partial charge is 0.227 e. The van der Waals surface area contributed by atoms with Crippen LogP contribution < -0.4 is 10.2 Å². The molecule has 1 aliphatic carbocycles. The average Bonchev–Trinajstić information content (AvgIpc) is 2.96. The first-order valence-electron chi connectivity index (χ1n) is 6.86. The number of benzene rings is 1. The molecule has 1 N–H and O–H groups in total. The van der Waals surface area contributed by atoms with Gasteiger partial charge in [-0.15, -0.1) is 0 Å². The van der Waals surface area contributed by atoms with E-state index in [1.165, 1.54) is 0 Å². The van der Waals surface area contributed by atoms with Gasteiger partial charge < -0.3 is 10.2 Å². The van der Waals surface area contributed by atoms with Crippen LogP contribution in [0.4, 0.5) is 11.4 Å². The number of nitrogens with zero attached hydrogens (tertiary/aromatic N) is 1. The molecule has 1 aliphatic heterocycles. The van der Waals surface area contributed by atoms with Crippen molar-refractivity contribution >= 4 is 23.2 Å². The Morgan fingerprint density at radius 3 is 2.84 bits per heavy atom. The Kier molecular flexibility index (Phi) is 3.01. The van der Waals surface area contributed by atoms with E-state index >= 15 is 0 Å². The summed E-state index contributed by atoms with van der Waals surface area (Å²) in [5, 5.41) is 2.94. The second kappa shape index (κ2) is 4.68. The lowest BCUT2D eigenvalue weighted by atomic mass is 10.2. The van der Waals surface area contributed by atoms with Crippen molar-refractivity contribution in [2.45, 2.75) is 26.2 Å². The third kappa shape index (κ3) is 2.48. The fraction of sp³-hybridized carbons (Fsp3) is 0.467.